The van der Waals surface area contributed by atoms with Crippen LogP contribution in [0, 0.1) is 6.92 Å². The molecule has 0 saturated heterocycles. The van der Waals surface area contributed by atoms with Crippen molar-refractivity contribution in [3.05, 3.63) is 29.3 Å². The molecule has 0 heterocycles. The van der Waals surface area contributed by atoms with Gasteiger partial charge in [0.1, 0.15) is 5.75 Å². The Hall–Kier alpha value is -0.883. The first-order valence-electron chi connectivity index (χ1n) is 5.89. The third kappa shape index (κ3) is 3.55. The summed E-state index contributed by atoms with van der Waals surface area (Å²) in [4.78, 5) is 0. The van der Waals surface area contributed by atoms with Crippen LogP contribution in [0.5, 0.6) is 5.75 Å². The lowest BCUT2D eigenvalue weighted by atomic mass is 10.1. The Labute approximate surface area is 110 Å². The standard InChI is InChI=1S/C13H22O4Si/c1-11-6-7-13(14-2)12(10-11)8-9-18(15-3,16-4)17-5/h6-7,10H,8-9H2,1-5H3. The van der Waals surface area contributed by atoms with E-state index in [1.54, 1.807) is 28.4 Å². The molecule has 4 nitrogen and oxygen atoms in total. The van der Waals surface area contributed by atoms with Crippen LogP contribution >= 0.6 is 0 Å². The Morgan fingerprint density at radius 2 is 1.61 bits per heavy atom. The van der Waals surface area contributed by atoms with E-state index in [0.717, 1.165) is 23.8 Å². The van der Waals surface area contributed by atoms with E-state index in [0.29, 0.717) is 0 Å². The highest BCUT2D eigenvalue weighted by molar-refractivity contribution is 6.60. The summed E-state index contributed by atoms with van der Waals surface area (Å²) in [6.45, 7) is 2.07. The second-order valence-corrected chi connectivity index (χ2v) is 7.20. The van der Waals surface area contributed by atoms with Crippen molar-refractivity contribution in [3.8, 4) is 5.75 Å². The fraction of sp³-hybridized carbons (Fsp3) is 0.538. The zero-order chi connectivity index (χ0) is 13.6. The summed E-state index contributed by atoms with van der Waals surface area (Å²) in [5.74, 6) is 0.895. The molecule has 0 N–H and O–H groups in total. The van der Waals surface area contributed by atoms with Gasteiger partial charge in [0.2, 0.25) is 0 Å². The SMILES string of the molecule is COc1ccc(C)cc1CC[Si](OC)(OC)OC. The van der Waals surface area contributed by atoms with E-state index in [4.69, 9.17) is 18.0 Å². The lowest BCUT2D eigenvalue weighted by Gasteiger charge is -2.24. The summed E-state index contributed by atoms with van der Waals surface area (Å²) in [6.07, 6.45) is 0.812. The van der Waals surface area contributed by atoms with Gasteiger partial charge in [0.15, 0.2) is 0 Å². The number of ether oxygens (including phenoxy) is 1. The van der Waals surface area contributed by atoms with Gasteiger partial charge in [-0.25, -0.2) is 0 Å². The molecule has 18 heavy (non-hydrogen) atoms. The Balaban J connectivity index is 2.81. The van der Waals surface area contributed by atoms with Gasteiger partial charge in [-0.05, 0) is 25.0 Å². The molecule has 0 radical (unpaired) electrons. The molecule has 0 fully saturated rings. The van der Waals surface area contributed by atoms with E-state index in [9.17, 15) is 0 Å². The normalized spacial score (nSPS) is 11.6. The average Bonchev–Trinajstić information content (AvgIpc) is 2.41. The summed E-state index contributed by atoms with van der Waals surface area (Å²) in [5, 5.41) is 0. The van der Waals surface area contributed by atoms with Gasteiger partial charge in [0, 0.05) is 27.4 Å². The molecule has 1 aromatic carbocycles. The minimum absolute atomic E-state index is 0.732. The number of aryl methyl sites for hydroxylation is 2. The molecule has 0 aromatic heterocycles. The molecule has 0 bridgehead atoms. The van der Waals surface area contributed by atoms with Crippen molar-refractivity contribution in [2.24, 2.45) is 0 Å². The predicted molar refractivity (Wildman–Crippen MR) is 73.0 cm³/mol. The minimum atomic E-state index is -2.51. The largest absolute Gasteiger partial charge is 0.500 e. The molecular formula is C13H22O4Si. The molecule has 0 aliphatic rings. The van der Waals surface area contributed by atoms with Gasteiger partial charge in [0.05, 0.1) is 7.11 Å². The Kier molecular flexibility index (Phi) is 5.81. The Morgan fingerprint density at radius 3 is 2.11 bits per heavy atom. The summed E-state index contributed by atoms with van der Waals surface area (Å²) >= 11 is 0. The maximum absolute atomic E-state index is 5.42. The number of hydrogen-bond donors (Lipinski definition) is 0. The summed E-state index contributed by atoms with van der Waals surface area (Å²) in [5.41, 5.74) is 2.37. The molecule has 0 amide bonds. The summed E-state index contributed by atoms with van der Waals surface area (Å²) in [6, 6.07) is 6.88. The molecule has 1 aromatic rings. The Bertz CT molecular complexity index is 369. The molecule has 0 unspecified atom stereocenters. The Morgan fingerprint density at radius 1 is 1.00 bits per heavy atom. The molecule has 0 aliphatic heterocycles. The highest BCUT2D eigenvalue weighted by Gasteiger charge is 2.37. The van der Waals surface area contributed by atoms with Crippen LogP contribution < -0.4 is 4.74 Å². The van der Waals surface area contributed by atoms with E-state index in [-0.39, 0.29) is 0 Å². The van der Waals surface area contributed by atoms with Crippen LogP contribution in [-0.4, -0.2) is 37.2 Å². The summed E-state index contributed by atoms with van der Waals surface area (Å²) in [7, 11) is 4.07. The molecule has 0 saturated carbocycles. The fourth-order valence-electron chi connectivity index (χ4n) is 1.95. The quantitative estimate of drug-likeness (QED) is 0.713. The molecule has 0 spiro atoms. The van der Waals surface area contributed by atoms with Gasteiger partial charge in [-0.15, -0.1) is 0 Å². The third-order valence-electron chi connectivity index (χ3n) is 3.07. The first-order valence-corrected chi connectivity index (χ1v) is 7.83. The highest BCUT2D eigenvalue weighted by atomic mass is 28.4. The number of hydrogen-bond acceptors (Lipinski definition) is 4. The third-order valence-corrected chi connectivity index (χ3v) is 5.80. The van der Waals surface area contributed by atoms with Crippen molar-refractivity contribution in [3.63, 3.8) is 0 Å². The average molecular weight is 270 g/mol. The smallest absolute Gasteiger partial charge is 0.496 e. The lowest BCUT2D eigenvalue weighted by molar-refractivity contribution is 0.123. The summed E-state index contributed by atoms with van der Waals surface area (Å²) < 4.78 is 21.6. The molecule has 1 rings (SSSR count). The first kappa shape index (κ1) is 15.2. The van der Waals surface area contributed by atoms with Gasteiger partial charge < -0.3 is 18.0 Å². The lowest BCUT2D eigenvalue weighted by Crippen LogP contribution is -2.43. The van der Waals surface area contributed by atoms with Crippen LogP contribution in [0.1, 0.15) is 11.1 Å². The van der Waals surface area contributed by atoms with Crippen LogP contribution in [0.4, 0.5) is 0 Å². The van der Waals surface area contributed by atoms with E-state index < -0.39 is 8.80 Å². The molecule has 5 heteroatoms. The van der Waals surface area contributed by atoms with Crippen molar-refractivity contribution in [1.82, 2.24) is 0 Å². The number of benzene rings is 1. The predicted octanol–water partition coefficient (Wildman–Crippen LogP) is 2.42. The van der Waals surface area contributed by atoms with Crippen LogP contribution in [0.25, 0.3) is 0 Å². The maximum atomic E-state index is 5.42. The van der Waals surface area contributed by atoms with E-state index in [2.05, 4.69) is 13.0 Å². The van der Waals surface area contributed by atoms with Crippen LogP contribution in [0.2, 0.25) is 6.04 Å². The topological polar surface area (TPSA) is 36.9 Å². The molecule has 102 valence electrons. The van der Waals surface area contributed by atoms with Gasteiger partial charge in [0.25, 0.3) is 0 Å². The number of rotatable bonds is 7. The van der Waals surface area contributed by atoms with Crippen LogP contribution in [-0.2, 0) is 19.7 Å². The molecule has 0 aliphatic carbocycles. The van der Waals surface area contributed by atoms with Crippen molar-refractivity contribution in [2.45, 2.75) is 19.4 Å². The van der Waals surface area contributed by atoms with Crippen LogP contribution in [0.15, 0.2) is 18.2 Å². The molecular weight excluding hydrogens is 248 g/mol. The molecule has 0 atom stereocenters. The van der Waals surface area contributed by atoms with Crippen molar-refractivity contribution < 1.29 is 18.0 Å². The van der Waals surface area contributed by atoms with Crippen molar-refractivity contribution in [1.29, 1.82) is 0 Å². The van der Waals surface area contributed by atoms with Gasteiger partial charge >= 0.3 is 8.80 Å². The van der Waals surface area contributed by atoms with Gasteiger partial charge in [-0.1, -0.05) is 17.7 Å². The van der Waals surface area contributed by atoms with Crippen molar-refractivity contribution in [2.75, 3.05) is 28.4 Å². The van der Waals surface area contributed by atoms with E-state index in [1.165, 1.54) is 5.56 Å². The minimum Gasteiger partial charge on any atom is -0.496 e. The number of methoxy groups -OCH3 is 1. The monoisotopic (exact) mass is 270 g/mol. The van der Waals surface area contributed by atoms with E-state index in [1.807, 2.05) is 12.1 Å². The fourth-order valence-corrected chi connectivity index (χ4v) is 3.63. The second kappa shape index (κ2) is 6.89. The zero-order valence-electron chi connectivity index (χ0n) is 11.8. The van der Waals surface area contributed by atoms with Crippen LogP contribution in [0.3, 0.4) is 0 Å². The van der Waals surface area contributed by atoms with Gasteiger partial charge in [-0.2, -0.15) is 0 Å². The zero-order valence-corrected chi connectivity index (χ0v) is 12.8. The maximum Gasteiger partial charge on any atom is 0.500 e. The highest BCUT2D eigenvalue weighted by Crippen LogP contribution is 2.24. The first-order chi connectivity index (χ1) is 8.60. The van der Waals surface area contributed by atoms with Gasteiger partial charge in [-0.3, -0.25) is 0 Å². The van der Waals surface area contributed by atoms with Crippen molar-refractivity contribution >= 4 is 8.80 Å². The second-order valence-electron chi connectivity index (χ2n) is 4.11. The van der Waals surface area contributed by atoms with E-state index >= 15 is 0 Å².